The van der Waals surface area contributed by atoms with E-state index in [1.54, 1.807) is 38.8 Å². The van der Waals surface area contributed by atoms with Crippen LogP contribution in [0.5, 0.6) is 17.2 Å². The van der Waals surface area contributed by atoms with Crippen LogP contribution in [0.15, 0.2) is 41.3 Å². The Morgan fingerprint density at radius 1 is 0.974 bits per heavy atom. The highest BCUT2D eigenvalue weighted by Crippen LogP contribution is 2.45. The molecule has 1 atom stereocenters. The summed E-state index contributed by atoms with van der Waals surface area (Å²) in [6, 6.07) is 11.5. The van der Waals surface area contributed by atoms with Gasteiger partial charge in [-0.25, -0.2) is 13.1 Å². The summed E-state index contributed by atoms with van der Waals surface area (Å²) >= 11 is 0. The molecule has 0 unspecified atom stereocenters. The monoisotopic (exact) mass is 547 g/mol. The Balaban J connectivity index is 2.14. The SMILES string of the molecule is COc1cc(CC(=O)N(C)[C@@](C)(c2ccccc2)N2CCCC2)c(S(=O)(=O)NC(C)(C)C)c(OC)c1OC. The van der Waals surface area contributed by atoms with Gasteiger partial charge in [-0.3, -0.25) is 9.69 Å². The fourth-order valence-corrected chi connectivity index (χ4v) is 6.88. The Kier molecular flexibility index (Phi) is 9.00. The van der Waals surface area contributed by atoms with Crippen LogP contribution in [0, 0.1) is 0 Å². The Labute approximate surface area is 227 Å². The van der Waals surface area contributed by atoms with E-state index in [0.29, 0.717) is 0 Å². The van der Waals surface area contributed by atoms with Crippen LogP contribution in [-0.4, -0.2) is 71.1 Å². The summed E-state index contributed by atoms with van der Waals surface area (Å²) < 4.78 is 46.5. The van der Waals surface area contributed by atoms with Gasteiger partial charge in [0.2, 0.25) is 21.7 Å². The van der Waals surface area contributed by atoms with Crippen molar-refractivity contribution in [3.05, 3.63) is 47.5 Å². The lowest BCUT2D eigenvalue weighted by Gasteiger charge is -2.46. The third kappa shape index (κ3) is 5.92. The zero-order valence-electron chi connectivity index (χ0n) is 23.8. The number of amides is 1. The second-order valence-electron chi connectivity index (χ2n) is 10.7. The van der Waals surface area contributed by atoms with E-state index in [1.807, 2.05) is 37.3 Å². The lowest BCUT2D eigenvalue weighted by atomic mass is 9.96. The van der Waals surface area contributed by atoms with Crippen LogP contribution in [0.3, 0.4) is 0 Å². The summed E-state index contributed by atoms with van der Waals surface area (Å²) in [6.07, 6.45) is 1.92. The van der Waals surface area contributed by atoms with Crippen LogP contribution in [-0.2, 0) is 26.9 Å². The molecular weight excluding hydrogens is 506 g/mol. The number of nitrogens with one attached hydrogen (secondary N) is 1. The third-order valence-corrected chi connectivity index (χ3v) is 8.85. The van der Waals surface area contributed by atoms with E-state index in [-0.39, 0.29) is 40.0 Å². The number of sulfonamides is 1. The standard InChI is InChI=1S/C28H41N3O6S/c1-27(2,3)29-38(33,34)26-20(18-22(35-6)24(36-7)25(26)37-8)19-23(32)30(5)28(4,31-16-12-13-17-31)21-14-10-9-11-15-21/h9-11,14-15,18,29H,12-13,16-17,19H2,1-8H3/t28-/m1/s1. The van der Waals surface area contributed by atoms with Crippen LogP contribution < -0.4 is 18.9 Å². The first kappa shape index (κ1) is 29.7. The molecule has 1 saturated heterocycles. The molecule has 9 nitrogen and oxygen atoms in total. The topological polar surface area (TPSA) is 97.4 Å². The molecule has 0 saturated carbocycles. The molecule has 2 aromatic rings. The Bertz CT molecular complexity index is 1240. The van der Waals surface area contributed by atoms with Crippen LogP contribution in [0.1, 0.15) is 51.7 Å². The maximum atomic E-state index is 14.0. The number of methoxy groups -OCH3 is 3. The van der Waals surface area contributed by atoms with Gasteiger partial charge >= 0.3 is 0 Å². The average Bonchev–Trinajstić information content (AvgIpc) is 3.41. The molecule has 1 N–H and O–H groups in total. The number of hydrogen-bond donors (Lipinski definition) is 1. The van der Waals surface area contributed by atoms with Crippen molar-refractivity contribution in [2.24, 2.45) is 0 Å². The molecule has 3 rings (SSSR count). The van der Waals surface area contributed by atoms with E-state index >= 15 is 0 Å². The second kappa shape index (κ2) is 11.5. The van der Waals surface area contributed by atoms with E-state index in [4.69, 9.17) is 14.2 Å². The highest BCUT2D eigenvalue weighted by atomic mass is 32.2. The smallest absolute Gasteiger partial charge is 0.245 e. The van der Waals surface area contributed by atoms with Crippen molar-refractivity contribution in [3.63, 3.8) is 0 Å². The van der Waals surface area contributed by atoms with Gasteiger partial charge in [0.1, 0.15) is 10.6 Å². The van der Waals surface area contributed by atoms with Gasteiger partial charge in [-0.15, -0.1) is 0 Å². The van der Waals surface area contributed by atoms with Crippen molar-refractivity contribution >= 4 is 15.9 Å². The minimum absolute atomic E-state index is 0.0144. The predicted molar refractivity (Wildman–Crippen MR) is 147 cm³/mol. The number of likely N-dealkylation sites (tertiary alicyclic amines) is 1. The summed E-state index contributed by atoms with van der Waals surface area (Å²) in [7, 11) is 1.89. The van der Waals surface area contributed by atoms with E-state index in [9.17, 15) is 13.2 Å². The summed E-state index contributed by atoms with van der Waals surface area (Å²) in [5.41, 5.74) is -0.232. The minimum Gasteiger partial charge on any atom is -0.493 e. The number of benzene rings is 2. The van der Waals surface area contributed by atoms with Crippen molar-refractivity contribution in [1.29, 1.82) is 0 Å². The van der Waals surface area contributed by atoms with Gasteiger partial charge < -0.3 is 19.1 Å². The predicted octanol–water partition coefficient (Wildman–Crippen LogP) is 3.76. The lowest BCUT2D eigenvalue weighted by Crippen LogP contribution is -2.56. The molecule has 0 spiro atoms. The van der Waals surface area contributed by atoms with Crippen LogP contribution >= 0.6 is 0 Å². The molecule has 1 amide bonds. The fourth-order valence-electron chi connectivity index (χ4n) is 5.08. The summed E-state index contributed by atoms with van der Waals surface area (Å²) in [6.45, 7) is 9.01. The molecular formula is C28H41N3O6S. The molecule has 38 heavy (non-hydrogen) atoms. The maximum absolute atomic E-state index is 14.0. The van der Waals surface area contributed by atoms with E-state index in [1.165, 1.54) is 21.3 Å². The first-order chi connectivity index (χ1) is 17.8. The van der Waals surface area contributed by atoms with Gasteiger partial charge in [-0.2, -0.15) is 0 Å². The van der Waals surface area contributed by atoms with Crippen molar-refractivity contribution in [2.75, 3.05) is 41.5 Å². The molecule has 210 valence electrons. The Hall–Kier alpha value is -2.82. The van der Waals surface area contributed by atoms with Gasteiger partial charge in [0, 0.05) is 25.7 Å². The van der Waals surface area contributed by atoms with Gasteiger partial charge in [0.25, 0.3) is 0 Å². The van der Waals surface area contributed by atoms with Gasteiger partial charge in [0.05, 0.1) is 27.8 Å². The fraction of sp³-hybridized carbons (Fsp3) is 0.536. The minimum atomic E-state index is -4.12. The maximum Gasteiger partial charge on any atom is 0.245 e. The average molecular weight is 548 g/mol. The molecule has 0 aromatic heterocycles. The number of carbonyl (C=O) groups excluding carboxylic acids is 1. The molecule has 10 heteroatoms. The number of hydrogen-bond acceptors (Lipinski definition) is 7. The highest BCUT2D eigenvalue weighted by molar-refractivity contribution is 7.89. The number of nitrogens with zero attached hydrogens (tertiary/aromatic N) is 2. The van der Waals surface area contributed by atoms with E-state index in [2.05, 4.69) is 9.62 Å². The van der Waals surface area contributed by atoms with Crippen LogP contribution in [0.2, 0.25) is 0 Å². The molecule has 1 heterocycles. The lowest BCUT2D eigenvalue weighted by molar-refractivity contribution is -0.143. The van der Waals surface area contributed by atoms with Crippen molar-refractivity contribution in [2.45, 2.75) is 63.1 Å². The molecule has 0 bridgehead atoms. The molecule has 0 radical (unpaired) electrons. The summed E-state index contributed by atoms with van der Waals surface area (Å²) in [5, 5.41) is 0. The van der Waals surface area contributed by atoms with Gasteiger partial charge in [-0.05, 0) is 57.7 Å². The van der Waals surface area contributed by atoms with E-state index < -0.39 is 21.2 Å². The largest absolute Gasteiger partial charge is 0.493 e. The second-order valence-corrected chi connectivity index (χ2v) is 12.3. The zero-order valence-corrected chi connectivity index (χ0v) is 24.6. The number of carbonyl (C=O) groups is 1. The Morgan fingerprint density at radius 2 is 1.55 bits per heavy atom. The molecule has 1 aliphatic rings. The third-order valence-electron chi connectivity index (χ3n) is 6.98. The first-order valence-corrected chi connectivity index (χ1v) is 14.2. The highest BCUT2D eigenvalue weighted by Gasteiger charge is 2.42. The first-order valence-electron chi connectivity index (χ1n) is 12.7. The Morgan fingerprint density at radius 3 is 2.05 bits per heavy atom. The van der Waals surface area contributed by atoms with Crippen molar-refractivity contribution in [3.8, 4) is 17.2 Å². The molecule has 0 aliphatic carbocycles. The van der Waals surface area contributed by atoms with E-state index in [0.717, 1.165) is 31.5 Å². The summed E-state index contributed by atoms with van der Waals surface area (Å²) in [4.78, 5) is 17.8. The molecule has 1 aliphatic heterocycles. The normalized spacial score (nSPS) is 16.1. The number of ether oxygens (including phenoxy) is 3. The molecule has 1 fully saturated rings. The quantitative estimate of drug-likeness (QED) is 0.484. The molecule has 2 aromatic carbocycles. The van der Waals surface area contributed by atoms with Crippen molar-refractivity contribution in [1.82, 2.24) is 14.5 Å². The number of rotatable bonds is 10. The summed E-state index contributed by atoms with van der Waals surface area (Å²) in [5.74, 6) is 0.152. The van der Waals surface area contributed by atoms with Crippen LogP contribution in [0.4, 0.5) is 0 Å². The number of likely N-dealkylation sites (N-methyl/N-ethyl adjacent to an activating group) is 1. The van der Waals surface area contributed by atoms with Gasteiger partial charge in [-0.1, -0.05) is 30.3 Å². The van der Waals surface area contributed by atoms with Crippen molar-refractivity contribution < 1.29 is 27.4 Å². The van der Waals surface area contributed by atoms with Gasteiger partial charge in [0.15, 0.2) is 11.5 Å². The zero-order chi connectivity index (χ0) is 28.3. The van der Waals surface area contributed by atoms with Crippen LogP contribution in [0.25, 0.3) is 0 Å².